The van der Waals surface area contributed by atoms with E-state index in [1.165, 1.54) is 0 Å². The van der Waals surface area contributed by atoms with Crippen LogP contribution in [0.4, 0.5) is 0 Å². The molecule has 1 aliphatic heterocycles. The van der Waals surface area contributed by atoms with Gasteiger partial charge in [-0.25, -0.2) is 0 Å². The van der Waals surface area contributed by atoms with Crippen molar-refractivity contribution in [1.82, 2.24) is 4.90 Å². The molecule has 4 unspecified atom stereocenters. The van der Waals surface area contributed by atoms with Crippen LogP contribution in [0, 0.1) is 17.3 Å². The molecule has 0 aromatic carbocycles. The van der Waals surface area contributed by atoms with Crippen molar-refractivity contribution in [3.63, 3.8) is 0 Å². The normalized spacial score (nSPS) is 40.0. The van der Waals surface area contributed by atoms with Crippen molar-refractivity contribution in [3.8, 4) is 0 Å². The van der Waals surface area contributed by atoms with Crippen molar-refractivity contribution in [2.45, 2.75) is 46.1 Å². The van der Waals surface area contributed by atoms with E-state index in [1.54, 1.807) is 0 Å². The third-order valence-corrected chi connectivity index (χ3v) is 4.74. The van der Waals surface area contributed by atoms with Gasteiger partial charge in [0.05, 0.1) is 0 Å². The van der Waals surface area contributed by atoms with E-state index in [2.05, 4.69) is 25.7 Å². The summed E-state index contributed by atoms with van der Waals surface area (Å²) < 4.78 is 0. The number of carbonyl (C=O) groups is 1. The molecule has 1 saturated carbocycles. The van der Waals surface area contributed by atoms with Crippen LogP contribution in [-0.2, 0) is 4.79 Å². The number of nitrogens with zero attached hydrogens (tertiary/aromatic N) is 1. The van der Waals surface area contributed by atoms with Gasteiger partial charge in [0, 0.05) is 18.5 Å². The smallest absolute Gasteiger partial charge is 0.226 e. The van der Waals surface area contributed by atoms with Gasteiger partial charge < -0.3 is 10.6 Å². The number of likely N-dealkylation sites (tertiary alicyclic amines) is 1. The predicted molar refractivity (Wildman–Crippen MR) is 72.1 cm³/mol. The minimum absolute atomic E-state index is 0. The van der Waals surface area contributed by atoms with Crippen molar-refractivity contribution in [2.24, 2.45) is 23.0 Å². The lowest BCUT2D eigenvalue weighted by Crippen LogP contribution is -2.36. The van der Waals surface area contributed by atoms with Gasteiger partial charge in [-0.15, -0.1) is 12.4 Å². The number of halogens is 1. The van der Waals surface area contributed by atoms with Crippen LogP contribution in [0.1, 0.15) is 40.0 Å². The molecule has 4 heteroatoms. The second kappa shape index (κ2) is 5.15. The molecule has 2 N–H and O–H groups in total. The predicted octanol–water partition coefficient (Wildman–Crippen LogP) is 2.04. The molecule has 1 aliphatic carbocycles. The summed E-state index contributed by atoms with van der Waals surface area (Å²) in [6, 6.07) is 0.391. The van der Waals surface area contributed by atoms with Gasteiger partial charge in [0.15, 0.2) is 0 Å². The lowest BCUT2D eigenvalue weighted by atomic mass is 10.0. The zero-order valence-corrected chi connectivity index (χ0v) is 11.9. The summed E-state index contributed by atoms with van der Waals surface area (Å²) in [5.41, 5.74) is 5.98. The van der Waals surface area contributed by atoms with E-state index in [9.17, 15) is 4.79 Å². The third-order valence-electron chi connectivity index (χ3n) is 4.74. The standard InChI is InChI=1S/C13H24N2O.ClH/c1-4-13(3)6-11(13)12(16)15-8-10(7-14)5-9(15)2;/h9-11H,4-8,14H2,1-3H3;1H. The fourth-order valence-electron chi connectivity index (χ4n) is 3.00. The van der Waals surface area contributed by atoms with E-state index in [-0.39, 0.29) is 23.7 Å². The van der Waals surface area contributed by atoms with Crippen LogP contribution in [0.2, 0.25) is 0 Å². The summed E-state index contributed by atoms with van der Waals surface area (Å²) in [6.07, 6.45) is 3.28. The Morgan fingerprint density at radius 2 is 2.18 bits per heavy atom. The van der Waals surface area contributed by atoms with Gasteiger partial charge in [-0.05, 0) is 44.1 Å². The largest absolute Gasteiger partial charge is 0.339 e. The maximum atomic E-state index is 12.3. The molecule has 100 valence electrons. The first-order valence-electron chi connectivity index (χ1n) is 6.52. The highest BCUT2D eigenvalue weighted by molar-refractivity contribution is 5.85. The monoisotopic (exact) mass is 260 g/mol. The molecule has 0 spiro atoms. The molecular weight excluding hydrogens is 236 g/mol. The first-order chi connectivity index (χ1) is 7.51. The molecular formula is C13H25ClN2O. The second-order valence-electron chi connectivity index (χ2n) is 5.94. The van der Waals surface area contributed by atoms with Crippen LogP contribution in [0.5, 0.6) is 0 Å². The van der Waals surface area contributed by atoms with Crippen LogP contribution in [0.25, 0.3) is 0 Å². The molecule has 1 amide bonds. The summed E-state index contributed by atoms with van der Waals surface area (Å²) in [4.78, 5) is 14.4. The number of hydrogen-bond acceptors (Lipinski definition) is 2. The van der Waals surface area contributed by atoms with E-state index in [0.29, 0.717) is 24.4 Å². The minimum Gasteiger partial charge on any atom is -0.339 e. The SMILES string of the molecule is CCC1(C)CC1C(=O)N1CC(CN)CC1C.Cl. The Labute approximate surface area is 111 Å². The molecule has 2 rings (SSSR count). The number of carbonyl (C=O) groups excluding carboxylic acids is 1. The molecule has 0 aromatic rings. The van der Waals surface area contributed by atoms with Crippen molar-refractivity contribution >= 4 is 18.3 Å². The fourth-order valence-corrected chi connectivity index (χ4v) is 3.00. The molecule has 17 heavy (non-hydrogen) atoms. The highest BCUT2D eigenvalue weighted by atomic mass is 35.5. The molecule has 1 saturated heterocycles. The molecule has 0 aromatic heterocycles. The van der Waals surface area contributed by atoms with E-state index in [0.717, 1.165) is 25.8 Å². The Morgan fingerprint density at radius 1 is 1.53 bits per heavy atom. The van der Waals surface area contributed by atoms with Crippen LogP contribution < -0.4 is 5.73 Å². The summed E-state index contributed by atoms with van der Waals surface area (Å²) >= 11 is 0. The first kappa shape index (κ1) is 14.8. The molecule has 3 nitrogen and oxygen atoms in total. The summed E-state index contributed by atoms with van der Waals surface area (Å²) in [5, 5.41) is 0. The number of hydrogen-bond donors (Lipinski definition) is 1. The minimum atomic E-state index is 0. The van der Waals surface area contributed by atoms with Gasteiger partial charge in [-0.1, -0.05) is 13.8 Å². The van der Waals surface area contributed by atoms with Gasteiger partial charge in [0.25, 0.3) is 0 Å². The summed E-state index contributed by atoms with van der Waals surface area (Å²) in [6.45, 7) is 8.16. The zero-order chi connectivity index (χ0) is 11.9. The van der Waals surface area contributed by atoms with E-state index >= 15 is 0 Å². The highest BCUT2D eigenvalue weighted by Crippen LogP contribution is 2.55. The Kier molecular flexibility index (Phi) is 4.48. The molecule has 1 heterocycles. The van der Waals surface area contributed by atoms with Gasteiger partial charge >= 0.3 is 0 Å². The van der Waals surface area contributed by atoms with E-state index in [1.807, 2.05) is 0 Å². The van der Waals surface area contributed by atoms with Gasteiger partial charge in [0.1, 0.15) is 0 Å². The quantitative estimate of drug-likeness (QED) is 0.844. The van der Waals surface area contributed by atoms with Crippen LogP contribution in [0.3, 0.4) is 0 Å². The van der Waals surface area contributed by atoms with Crippen LogP contribution >= 0.6 is 12.4 Å². The number of amides is 1. The molecule has 4 atom stereocenters. The highest BCUT2D eigenvalue weighted by Gasteiger charge is 2.55. The maximum absolute atomic E-state index is 12.3. The Balaban J connectivity index is 0.00000144. The topological polar surface area (TPSA) is 46.3 Å². The number of nitrogens with two attached hydrogens (primary N) is 1. The fraction of sp³-hybridized carbons (Fsp3) is 0.923. The van der Waals surface area contributed by atoms with E-state index < -0.39 is 0 Å². The zero-order valence-electron chi connectivity index (χ0n) is 11.1. The van der Waals surface area contributed by atoms with Gasteiger partial charge in [-0.2, -0.15) is 0 Å². The lowest BCUT2D eigenvalue weighted by molar-refractivity contribution is -0.134. The van der Waals surface area contributed by atoms with Crippen molar-refractivity contribution in [1.29, 1.82) is 0 Å². The Morgan fingerprint density at radius 3 is 2.59 bits per heavy atom. The maximum Gasteiger partial charge on any atom is 0.226 e. The number of rotatable bonds is 3. The lowest BCUT2D eigenvalue weighted by Gasteiger charge is -2.22. The van der Waals surface area contributed by atoms with Gasteiger partial charge in [-0.3, -0.25) is 4.79 Å². The molecule has 0 radical (unpaired) electrons. The summed E-state index contributed by atoms with van der Waals surface area (Å²) in [5.74, 6) is 1.19. The van der Waals surface area contributed by atoms with Crippen molar-refractivity contribution in [3.05, 3.63) is 0 Å². The Bertz CT molecular complexity index is 297. The molecule has 2 aliphatic rings. The van der Waals surface area contributed by atoms with Crippen LogP contribution in [0.15, 0.2) is 0 Å². The average Bonchev–Trinajstić information content (AvgIpc) is 2.81. The molecule has 0 bridgehead atoms. The van der Waals surface area contributed by atoms with Crippen molar-refractivity contribution < 1.29 is 4.79 Å². The van der Waals surface area contributed by atoms with Crippen LogP contribution in [-0.4, -0.2) is 29.9 Å². The first-order valence-corrected chi connectivity index (χ1v) is 6.52. The molecule has 2 fully saturated rings. The van der Waals surface area contributed by atoms with E-state index in [4.69, 9.17) is 5.73 Å². The average molecular weight is 261 g/mol. The van der Waals surface area contributed by atoms with Crippen molar-refractivity contribution in [2.75, 3.05) is 13.1 Å². The second-order valence-corrected chi connectivity index (χ2v) is 5.94. The summed E-state index contributed by atoms with van der Waals surface area (Å²) in [7, 11) is 0. The van der Waals surface area contributed by atoms with Gasteiger partial charge in [0.2, 0.25) is 5.91 Å². The Hall–Kier alpha value is -0.280. The third kappa shape index (κ3) is 2.60.